The number of rotatable bonds is 6. The number of nitrogens with one attached hydrogen (secondary N) is 2. The van der Waals surface area contributed by atoms with Crippen LogP contribution in [0.5, 0.6) is 5.75 Å². The summed E-state index contributed by atoms with van der Waals surface area (Å²) in [6.07, 6.45) is 2.50. The highest BCUT2D eigenvalue weighted by atomic mass is 16.5. The van der Waals surface area contributed by atoms with Crippen molar-refractivity contribution in [2.45, 2.75) is 39.7 Å². The summed E-state index contributed by atoms with van der Waals surface area (Å²) >= 11 is 0. The summed E-state index contributed by atoms with van der Waals surface area (Å²) in [6.45, 7) is 6.54. The summed E-state index contributed by atoms with van der Waals surface area (Å²) in [5, 5.41) is 20.1. The quantitative estimate of drug-likeness (QED) is 0.440. The fourth-order valence-electron chi connectivity index (χ4n) is 4.99. The number of anilines is 2. The lowest BCUT2D eigenvalue weighted by molar-refractivity contribution is -0.118. The number of benzene rings is 2. The van der Waals surface area contributed by atoms with Crippen LogP contribution in [-0.2, 0) is 4.79 Å². The Hall–Kier alpha value is -4.40. The van der Waals surface area contributed by atoms with Gasteiger partial charge < -0.3 is 20.5 Å². The minimum atomic E-state index is -1.03. The predicted molar refractivity (Wildman–Crippen MR) is 138 cm³/mol. The van der Waals surface area contributed by atoms with Gasteiger partial charge in [-0.3, -0.25) is 9.59 Å². The van der Waals surface area contributed by atoms with Crippen molar-refractivity contribution in [3.05, 3.63) is 82.7 Å². The average Bonchev–Trinajstić information content (AvgIpc) is 3.27. The number of hydrogen-bond donors (Lipinski definition) is 3. The molecular formula is C28H28N4O5. The molecule has 3 N–H and O–H groups in total. The highest BCUT2D eigenvalue weighted by Crippen LogP contribution is 2.46. The first-order valence-electron chi connectivity index (χ1n) is 12.1. The monoisotopic (exact) mass is 500 g/mol. The first-order valence-corrected chi connectivity index (χ1v) is 12.1. The third-order valence-corrected chi connectivity index (χ3v) is 6.64. The van der Waals surface area contributed by atoms with Gasteiger partial charge in [0.25, 0.3) is 5.91 Å². The van der Waals surface area contributed by atoms with Crippen LogP contribution in [0.25, 0.3) is 0 Å². The zero-order valence-corrected chi connectivity index (χ0v) is 20.9. The molecular weight excluding hydrogens is 472 g/mol. The number of hydrogen-bond acceptors (Lipinski definition) is 6. The summed E-state index contributed by atoms with van der Waals surface area (Å²) in [7, 11) is 0. The number of carbonyl (C=O) groups excluding carboxylic acids is 2. The number of carboxylic acid groups (broad SMARTS) is 1. The van der Waals surface area contributed by atoms with E-state index in [1.165, 1.54) is 18.3 Å². The van der Waals surface area contributed by atoms with Gasteiger partial charge in [0.1, 0.15) is 23.2 Å². The number of Topliss-reactive ketones (excluding diaryl/α,β-unsaturated/α-hetero) is 1. The van der Waals surface area contributed by atoms with E-state index in [-0.39, 0.29) is 22.7 Å². The minimum Gasteiger partial charge on any atom is -0.494 e. The van der Waals surface area contributed by atoms with Crippen molar-refractivity contribution in [3.8, 4) is 5.75 Å². The minimum absolute atomic E-state index is 0.00704. The van der Waals surface area contributed by atoms with Gasteiger partial charge in [0.05, 0.1) is 18.4 Å². The largest absolute Gasteiger partial charge is 0.494 e. The van der Waals surface area contributed by atoms with Crippen LogP contribution in [0.3, 0.4) is 0 Å². The lowest BCUT2D eigenvalue weighted by atomic mass is 9.73. The Morgan fingerprint density at radius 3 is 2.49 bits per heavy atom. The molecule has 190 valence electrons. The van der Waals surface area contributed by atoms with Gasteiger partial charge in [-0.15, -0.1) is 0 Å². The van der Waals surface area contributed by atoms with Crippen LogP contribution in [0.1, 0.15) is 65.9 Å². The molecule has 2 aromatic carbocycles. The molecule has 1 amide bonds. The molecule has 5 rings (SSSR count). The number of amides is 1. The van der Waals surface area contributed by atoms with E-state index in [0.717, 1.165) is 11.3 Å². The van der Waals surface area contributed by atoms with E-state index in [2.05, 4.69) is 15.7 Å². The van der Waals surface area contributed by atoms with Gasteiger partial charge in [0.2, 0.25) is 0 Å². The number of ether oxygens (including phenoxy) is 1. The number of carboxylic acids is 1. The fraction of sp³-hybridized carbons (Fsp3) is 0.286. The molecule has 2 heterocycles. The molecule has 1 aliphatic heterocycles. The standard InChI is InChI=1S/C28H28N4O5/c1-4-37-19-11-9-18(10-12-19)30-26(34)20-15-29-32-24(16-5-7-17(8-6-16)27(35)36)23-21(31-25(20)32)13-28(2,3)14-22(23)33/h5-12,15,24,31H,4,13-14H2,1-3H3,(H,30,34)(H,35,36)/t24-/m0/s1. The first-order chi connectivity index (χ1) is 17.7. The van der Waals surface area contributed by atoms with Crippen molar-refractivity contribution in [1.82, 2.24) is 9.78 Å². The molecule has 0 saturated carbocycles. The maximum Gasteiger partial charge on any atom is 0.335 e. The van der Waals surface area contributed by atoms with Crippen molar-refractivity contribution < 1.29 is 24.2 Å². The third-order valence-electron chi connectivity index (χ3n) is 6.64. The Morgan fingerprint density at radius 2 is 1.84 bits per heavy atom. The Bertz CT molecular complexity index is 1420. The second-order valence-electron chi connectivity index (χ2n) is 10.1. The van der Waals surface area contributed by atoms with E-state index >= 15 is 0 Å². The topological polar surface area (TPSA) is 123 Å². The van der Waals surface area contributed by atoms with Crippen LogP contribution < -0.4 is 15.4 Å². The molecule has 1 aromatic heterocycles. The normalized spacial score (nSPS) is 17.9. The van der Waals surface area contributed by atoms with Crippen LogP contribution in [0, 0.1) is 5.41 Å². The predicted octanol–water partition coefficient (Wildman–Crippen LogP) is 4.89. The van der Waals surface area contributed by atoms with E-state index in [1.54, 1.807) is 41.1 Å². The van der Waals surface area contributed by atoms with Gasteiger partial charge >= 0.3 is 5.97 Å². The maximum absolute atomic E-state index is 13.3. The molecule has 0 spiro atoms. The van der Waals surface area contributed by atoms with Gasteiger partial charge in [0, 0.05) is 23.4 Å². The van der Waals surface area contributed by atoms with Crippen LogP contribution in [-0.4, -0.2) is 39.2 Å². The molecule has 1 atom stereocenters. The number of aromatic nitrogens is 2. The van der Waals surface area contributed by atoms with Gasteiger partial charge in [-0.25, -0.2) is 9.48 Å². The highest BCUT2D eigenvalue weighted by molar-refractivity contribution is 6.08. The van der Waals surface area contributed by atoms with Crippen molar-refractivity contribution in [2.75, 3.05) is 17.2 Å². The van der Waals surface area contributed by atoms with Crippen molar-refractivity contribution in [1.29, 1.82) is 0 Å². The Kier molecular flexibility index (Phi) is 6.07. The lowest BCUT2D eigenvalue weighted by Gasteiger charge is -2.39. The highest BCUT2D eigenvalue weighted by Gasteiger charge is 2.42. The zero-order valence-electron chi connectivity index (χ0n) is 20.9. The summed E-state index contributed by atoms with van der Waals surface area (Å²) in [5.41, 5.74) is 2.93. The van der Waals surface area contributed by atoms with Gasteiger partial charge in [-0.05, 0) is 60.7 Å². The fourth-order valence-corrected chi connectivity index (χ4v) is 4.99. The van der Waals surface area contributed by atoms with Crippen molar-refractivity contribution in [3.63, 3.8) is 0 Å². The molecule has 9 heteroatoms. The Balaban J connectivity index is 1.53. The summed E-state index contributed by atoms with van der Waals surface area (Å²) in [4.78, 5) is 38.0. The molecule has 0 fully saturated rings. The molecule has 0 saturated heterocycles. The Morgan fingerprint density at radius 1 is 1.14 bits per heavy atom. The smallest absolute Gasteiger partial charge is 0.335 e. The SMILES string of the molecule is CCOc1ccc(NC(=O)c2cnn3c2NC2=C(C(=O)CC(C)(C)C2)[C@@H]3c2ccc(C(=O)O)cc2)cc1. The maximum atomic E-state index is 13.3. The summed E-state index contributed by atoms with van der Waals surface area (Å²) < 4.78 is 7.10. The Labute approximate surface area is 214 Å². The zero-order chi connectivity index (χ0) is 26.3. The second kappa shape index (κ2) is 9.24. The average molecular weight is 501 g/mol. The van der Waals surface area contributed by atoms with Crippen LogP contribution >= 0.6 is 0 Å². The van der Waals surface area contributed by atoms with Gasteiger partial charge in [0.15, 0.2) is 5.78 Å². The van der Waals surface area contributed by atoms with E-state index in [9.17, 15) is 19.5 Å². The molecule has 3 aromatic rings. The molecule has 9 nitrogen and oxygen atoms in total. The molecule has 0 bridgehead atoms. The number of nitrogens with zero attached hydrogens (tertiary/aromatic N) is 2. The van der Waals surface area contributed by atoms with E-state index in [0.29, 0.717) is 47.8 Å². The molecule has 37 heavy (non-hydrogen) atoms. The third kappa shape index (κ3) is 4.60. The number of aromatic carboxylic acids is 1. The molecule has 0 radical (unpaired) electrons. The van der Waals surface area contributed by atoms with Gasteiger partial charge in [-0.1, -0.05) is 26.0 Å². The number of fused-ring (bicyclic) bond motifs is 1. The molecule has 0 unspecified atom stereocenters. The van der Waals surface area contributed by atoms with Crippen molar-refractivity contribution >= 4 is 29.2 Å². The summed E-state index contributed by atoms with van der Waals surface area (Å²) in [6, 6.07) is 12.9. The molecule has 1 aliphatic carbocycles. The number of carbonyl (C=O) groups is 3. The molecule has 2 aliphatic rings. The van der Waals surface area contributed by atoms with Crippen LogP contribution in [0.15, 0.2) is 66.0 Å². The summed E-state index contributed by atoms with van der Waals surface area (Å²) in [5.74, 6) is -0.165. The van der Waals surface area contributed by atoms with Crippen LogP contribution in [0.2, 0.25) is 0 Å². The lowest BCUT2D eigenvalue weighted by Crippen LogP contribution is -2.37. The van der Waals surface area contributed by atoms with E-state index in [4.69, 9.17) is 4.74 Å². The number of allylic oxidation sites excluding steroid dienone is 2. The first kappa shape index (κ1) is 24.3. The van der Waals surface area contributed by atoms with E-state index < -0.39 is 12.0 Å². The van der Waals surface area contributed by atoms with Crippen LogP contribution in [0.4, 0.5) is 11.5 Å². The van der Waals surface area contributed by atoms with Crippen molar-refractivity contribution in [2.24, 2.45) is 5.41 Å². The number of ketones is 1. The van der Waals surface area contributed by atoms with E-state index in [1.807, 2.05) is 20.8 Å². The second-order valence-corrected chi connectivity index (χ2v) is 10.1. The van der Waals surface area contributed by atoms with Gasteiger partial charge in [-0.2, -0.15) is 5.10 Å².